The topological polar surface area (TPSA) is 53.0 Å². The lowest BCUT2D eigenvalue weighted by atomic mass is 9.92. The Balaban J connectivity index is 1.80. The van der Waals surface area contributed by atoms with Crippen LogP contribution in [0.2, 0.25) is 0 Å². The molecular weight excluding hydrogens is 268 g/mol. The molecule has 0 radical (unpaired) electrons. The van der Waals surface area contributed by atoms with Crippen molar-refractivity contribution in [3.05, 3.63) is 35.4 Å². The number of hydrogen-bond donors (Lipinski definition) is 1. The SMILES string of the molecule is CN1CCOC(C(=O)N2CCc3ccccc3C2CO)C1. The summed E-state index contributed by atoms with van der Waals surface area (Å²) >= 11 is 0. The molecule has 5 heteroatoms. The molecule has 2 unspecified atom stereocenters. The van der Waals surface area contributed by atoms with Crippen molar-refractivity contribution in [2.75, 3.05) is 39.9 Å². The van der Waals surface area contributed by atoms with Gasteiger partial charge in [-0.05, 0) is 24.6 Å². The van der Waals surface area contributed by atoms with Gasteiger partial charge in [-0.2, -0.15) is 0 Å². The third-order valence-electron chi connectivity index (χ3n) is 4.41. The van der Waals surface area contributed by atoms with Gasteiger partial charge in [0, 0.05) is 19.6 Å². The molecule has 2 aliphatic heterocycles. The summed E-state index contributed by atoms with van der Waals surface area (Å²) in [6, 6.07) is 7.79. The number of nitrogens with zero attached hydrogens (tertiary/aromatic N) is 2. The largest absolute Gasteiger partial charge is 0.394 e. The Bertz CT molecular complexity index is 520. The van der Waals surface area contributed by atoms with E-state index in [0.29, 0.717) is 19.7 Å². The summed E-state index contributed by atoms with van der Waals surface area (Å²) in [6.07, 6.45) is 0.420. The number of carbonyl (C=O) groups excluding carboxylic acids is 1. The first-order valence-corrected chi connectivity index (χ1v) is 7.50. The summed E-state index contributed by atoms with van der Waals surface area (Å²) in [5.41, 5.74) is 2.28. The van der Waals surface area contributed by atoms with Gasteiger partial charge in [-0.1, -0.05) is 24.3 Å². The van der Waals surface area contributed by atoms with Crippen molar-refractivity contribution in [1.29, 1.82) is 0 Å². The minimum absolute atomic E-state index is 0.00453. The summed E-state index contributed by atoms with van der Waals surface area (Å²) in [4.78, 5) is 16.6. The van der Waals surface area contributed by atoms with Crippen LogP contribution in [0.25, 0.3) is 0 Å². The number of carbonyl (C=O) groups is 1. The Labute approximate surface area is 125 Å². The third-order valence-corrected chi connectivity index (χ3v) is 4.41. The number of aliphatic hydroxyl groups is 1. The standard InChI is InChI=1S/C16H22N2O3/c1-17-8-9-21-15(10-17)16(20)18-7-6-12-4-2-3-5-13(12)14(18)11-19/h2-5,14-15,19H,6-11H2,1H3. The number of rotatable bonds is 2. The predicted octanol–water partition coefficient (Wildman–Crippen LogP) is 0.435. The van der Waals surface area contributed by atoms with Crippen molar-refractivity contribution in [2.45, 2.75) is 18.6 Å². The number of hydrogen-bond acceptors (Lipinski definition) is 4. The molecule has 1 amide bonds. The first kappa shape index (κ1) is 14.5. The smallest absolute Gasteiger partial charge is 0.253 e. The Morgan fingerprint density at radius 3 is 2.95 bits per heavy atom. The van der Waals surface area contributed by atoms with Gasteiger partial charge in [0.2, 0.25) is 0 Å². The van der Waals surface area contributed by atoms with Crippen molar-refractivity contribution in [1.82, 2.24) is 9.80 Å². The van der Waals surface area contributed by atoms with Crippen molar-refractivity contribution in [3.8, 4) is 0 Å². The predicted molar refractivity (Wildman–Crippen MR) is 78.9 cm³/mol. The molecular formula is C16H22N2O3. The monoisotopic (exact) mass is 290 g/mol. The van der Waals surface area contributed by atoms with E-state index in [2.05, 4.69) is 11.0 Å². The summed E-state index contributed by atoms with van der Waals surface area (Å²) in [7, 11) is 2.00. The van der Waals surface area contributed by atoms with Crippen molar-refractivity contribution in [2.24, 2.45) is 0 Å². The second-order valence-electron chi connectivity index (χ2n) is 5.80. The maximum Gasteiger partial charge on any atom is 0.253 e. The molecule has 0 bridgehead atoms. The maximum absolute atomic E-state index is 12.7. The van der Waals surface area contributed by atoms with E-state index in [-0.39, 0.29) is 18.6 Å². The Kier molecular flexibility index (Phi) is 4.24. The van der Waals surface area contributed by atoms with Crippen LogP contribution in [0.4, 0.5) is 0 Å². The van der Waals surface area contributed by atoms with E-state index in [1.54, 1.807) is 4.90 Å². The summed E-state index contributed by atoms with van der Waals surface area (Å²) < 4.78 is 5.63. The molecule has 1 aromatic rings. The highest BCUT2D eigenvalue weighted by molar-refractivity contribution is 5.82. The van der Waals surface area contributed by atoms with Crippen LogP contribution in [0.1, 0.15) is 17.2 Å². The van der Waals surface area contributed by atoms with Crippen LogP contribution >= 0.6 is 0 Å². The molecule has 1 fully saturated rings. The summed E-state index contributed by atoms with van der Waals surface area (Å²) in [6.45, 7) is 2.66. The molecule has 0 spiro atoms. The molecule has 0 saturated carbocycles. The van der Waals surface area contributed by atoms with Gasteiger partial charge < -0.3 is 19.6 Å². The summed E-state index contributed by atoms with van der Waals surface area (Å²) in [5, 5.41) is 9.76. The van der Waals surface area contributed by atoms with Gasteiger partial charge in [0.1, 0.15) is 6.10 Å². The fourth-order valence-electron chi connectivity index (χ4n) is 3.22. The van der Waals surface area contributed by atoms with E-state index >= 15 is 0 Å². The molecule has 1 aromatic carbocycles. The van der Waals surface area contributed by atoms with E-state index in [4.69, 9.17) is 4.74 Å². The van der Waals surface area contributed by atoms with E-state index < -0.39 is 6.10 Å². The third kappa shape index (κ3) is 2.81. The minimum atomic E-state index is -0.414. The Morgan fingerprint density at radius 1 is 1.38 bits per heavy atom. The fraction of sp³-hybridized carbons (Fsp3) is 0.562. The second kappa shape index (κ2) is 6.13. The Hall–Kier alpha value is -1.43. The van der Waals surface area contributed by atoms with Crippen molar-refractivity contribution < 1.29 is 14.6 Å². The van der Waals surface area contributed by atoms with Gasteiger partial charge in [0.15, 0.2) is 0 Å². The first-order chi connectivity index (χ1) is 10.2. The average Bonchev–Trinajstić information content (AvgIpc) is 2.53. The van der Waals surface area contributed by atoms with E-state index in [9.17, 15) is 9.90 Å². The van der Waals surface area contributed by atoms with Gasteiger partial charge in [-0.25, -0.2) is 0 Å². The number of fused-ring (bicyclic) bond motifs is 1. The fourth-order valence-corrected chi connectivity index (χ4v) is 3.22. The van der Waals surface area contributed by atoms with Gasteiger partial charge >= 0.3 is 0 Å². The zero-order chi connectivity index (χ0) is 14.8. The van der Waals surface area contributed by atoms with Crippen LogP contribution < -0.4 is 0 Å². The quantitative estimate of drug-likeness (QED) is 0.858. The molecule has 114 valence electrons. The zero-order valence-electron chi connectivity index (χ0n) is 12.4. The normalized spacial score (nSPS) is 26.5. The average molecular weight is 290 g/mol. The molecule has 21 heavy (non-hydrogen) atoms. The molecule has 1 N–H and O–H groups in total. The van der Waals surface area contributed by atoms with Crippen LogP contribution in [0.3, 0.4) is 0 Å². The molecule has 2 atom stereocenters. The zero-order valence-corrected chi connectivity index (χ0v) is 12.4. The van der Waals surface area contributed by atoms with Crippen LogP contribution in [-0.4, -0.2) is 66.8 Å². The van der Waals surface area contributed by atoms with Gasteiger partial charge in [-0.15, -0.1) is 0 Å². The highest BCUT2D eigenvalue weighted by atomic mass is 16.5. The lowest BCUT2D eigenvalue weighted by molar-refractivity contribution is -0.152. The number of morpholine rings is 1. The lowest BCUT2D eigenvalue weighted by Gasteiger charge is -2.40. The van der Waals surface area contributed by atoms with E-state index in [1.807, 2.05) is 25.2 Å². The highest BCUT2D eigenvalue weighted by Crippen LogP contribution is 2.30. The minimum Gasteiger partial charge on any atom is -0.394 e. The lowest BCUT2D eigenvalue weighted by Crippen LogP contribution is -2.52. The Morgan fingerprint density at radius 2 is 2.19 bits per heavy atom. The van der Waals surface area contributed by atoms with Crippen LogP contribution in [0, 0.1) is 0 Å². The van der Waals surface area contributed by atoms with E-state index in [0.717, 1.165) is 18.5 Å². The maximum atomic E-state index is 12.7. The molecule has 2 aliphatic rings. The van der Waals surface area contributed by atoms with Crippen molar-refractivity contribution in [3.63, 3.8) is 0 Å². The highest BCUT2D eigenvalue weighted by Gasteiger charge is 2.35. The number of likely N-dealkylation sites (N-methyl/N-ethyl adjacent to an activating group) is 1. The number of amides is 1. The molecule has 0 aromatic heterocycles. The van der Waals surface area contributed by atoms with Gasteiger partial charge in [-0.3, -0.25) is 4.79 Å². The molecule has 3 rings (SSSR count). The number of aliphatic hydroxyl groups excluding tert-OH is 1. The number of benzene rings is 1. The van der Waals surface area contributed by atoms with Gasteiger partial charge in [0.25, 0.3) is 5.91 Å². The summed E-state index contributed by atoms with van der Waals surface area (Å²) in [5.74, 6) is -0.00453. The van der Waals surface area contributed by atoms with Crippen LogP contribution in [0.5, 0.6) is 0 Å². The molecule has 2 heterocycles. The molecule has 0 aliphatic carbocycles. The van der Waals surface area contributed by atoms with Crippen LogP contribution in [-0.2, 0) is 16.0 Å². The number of ether oxygens (including phenoxy) is 1. The van der Waals surface area contributed by atoms with Gasteiger partial charge in [0.05, 0.1) is 19.3 Å². The van der Waals surface area contributed by atoms with Crippen LogP contribution in [0.15, 0.2) is 24.3 Å². The second-order valence-corrected chi connectivity index (χ2v) is 5.80. The van der Waals surface area contributed by atoms with Crippen molar-refractivity contribution >= 4 is 5.91 Å². The van der Waals surface area contributed by atoms with E-state index in [1.165, 1.54) is 5.56 Å². The molecule has 5 nitrogen and oxygen atoms in total. The first-order valence-electron chi connectivity index (χ1n) is 7.50. The molecule has 1 saturated heterocycles.